The highest BCUT2D eigenvalue weighted by Gasteiger charge is 2.21. The largest absolute Gasteiger partial charge is 0.393 e. The van der Waals surface area contributed by atoms with E-state index < -0.39 is 0 Å². The molecule has 1 saturated carbocycles. The molecule has 1 fully saturated rings. The van der Waals surface area contributed by atoms with Crippen molar-refractivity contribution in [3.8, 4) is 0 Å². The lowest BCUT2D eigenvalue weighted by Gasteiger charge is -2.26. The van der Waals surface area contributed by atoms with Gasteiger partial charge in [0, 0.05) is 17.8 Å². The molecule has 0 radical (unpaired) electrons. The van der Waals surface area contributed by atoms with Crippen molar-refractivity contribution in [2.75, 3.05) is 6.54 Å². The average Bonchev–Trinajstić information content (AvgIpc) is 2.80. The summed E-state index contributed by atoms with van der Waals surface area (Å²) in [5.41, 5.74) is 6.29. The van der Waals surface area contributed by atoms with Crippen molar-refractivity contribution in [2.24, 2.45) is 5.73 Å². The second kappa shape index (κ2) is 6.98. The minimum absolute atomic E-state index is 0.0194. The molecule has 1 heterocycles. The minimum Gasteiger partial charge on any atom is -0.393 e. The number of amides is 1. The highest BCUT2D eigenvalue weighted by molar-refractivity contribution is 7.09. The monoisotopic (exact) mass is 283 g/mol. The summed E-state index contributed by atoms with van der Waals surface area (Å²) in [6.07, 6.45) is 4.20. The summed E-state index contributed by atoms with van der Waals surface area (Å²) in [6, 6.07) is 0.207. The molecule has 6 heteroatoms. The molecule has 0 spiro atoms. The zero-order valence-electron chi connectivity index (χ0n) is 11.0. The summed E-state index contributed by atoms with van der Waals surface area (Å²) in [6.45, 7) is 0.587. The van der Waals surface area contributed by atoms with Crippen molar-refractivity contribution < 1.29 is 9.90 Å². The topological polar surface area (TPSA) is 88.2 Å². The number of aliphatic hydroxyl groups excluding tert-OH is 1. The molecule has 106 valence electrons. The molecule has 1 aromatic rings. The van der Waals surface area contributed by atoms with E-state index in [1.807, 2.05) is 5.38 Å². The molecule has 2 rings (SSSR count). The van der Waals surface area contributed by atoms with Crippen LogP contribution in [-0.2, 0) is 17.6 Å². The summed E-state index contributed by atoms with van der Waals surface area (Å²) < 4.78 is 0. The fraction of sp³-hybridized carbons (Fsp3) is 0.692. The van der Waals surface area contributed by atoms with Crippen molar-refractivity contribution >= 4 is 17.2 Å². The van der Waals surface area contributed by atoms with E-state index in [0.717, 1.165) is 42.8 Å². The first-order chi connectivity index (χ1) is 9.17. The number of nitrogens with two attached hydrogens (primary N) is 1. The third kappa shape index (κ3) is 4.56. The van der Waals surface area contributed by atoms with Crippen LogP contribution in [-0.4, -0.2) is 34.7 Å². The van der Waals surface area contributed by atoms with Gasteiger partial charge in [-0.15, -0.1) is 11.3 Å². The first-order valence-corrected chi connectivity index (χ1v) is 7.66. The maximum absolute atomic E-state index is 11.9. The number of nitrogens with one attached hydrogen (secondary N) is 1. The van der Waals surface area contributed by atoms with Crippen LogP contribution in [0.25, 0.3) is 0 Å². The Morgan fingerprint density at radius 1 is 1.47 bits per heavy atom. The molecule has 1 aliphatic rings. The molecule has 0 aliphatic heterocycles. The van der Waals surface area contributed by atoms with Crippen LogP contribution in [0.5, 0.6) is 0 Å². The Balaban J connectivity index is 1.77. The Bertz CT molecular complexity index is 414. The van der Waals surface area contributed by atoms with Gasteiger partial charge in [-0.05, 0) is 32.2 Å². The van der Waals surface area contributed by atoms with Gasteiger partial charge in [-0.2, -0.15) is 0 Å². The van der Waals surface area contributed by atoms with Crippen LogP contribution in [0.15, 0.2) is 5.38 Å². The predicted molar refractivity (Wildman–Crippen MR) is 75.0 cm³/mol. The van der Waals surface area contributed by atoms with Crippen molar-refractivity contribution in [3.05, 3.63) is 16.1 Å². The van der Waals surface area contributed by atoms with E-state index in [1.165, 1.54) is 0 Å². The molecule has 5 nitrogen and oxygen atoms in total. The fourth-order valence-electron chi connectivity index (χ4n) is 2.33. The summed E-state index contributed by atoms with van der Waals surface area (Å²) in [4.78, 5) is 16.3. The third-order valence-corrected chi connectivity index (χ3v) is 4.32. The quantitative estimate of drug-likeness (QED) is 0.738. The Morgan fingerprint density at radius 2 is 2.21 bits per heavy atom. The molecule has 0 saturated heterocycles. The maximum atomic E-state index is 11.9. The molecule has 0 atom stereocenters. The normalized spacial score (nSPS) is 23.3. The number of aliphatic hydroxyl groups is 1. The number of hydrogen-bond donors (Lipinski definition) is 3. The van der Waals surface area contributed by atoms with Crippen LogP contribution in [0, 0.1) is 0 Å². The van der Waals surface area contributed by atoms with Crippen molar-refractivity contribution in [1.82, 2.24) is 10.3 Å². The molecule has 0 unspecified atom stereocenters. The fourth-order valence-corrected chi connectivity index (χ4v) is 3.15. The van der Waals surface area contributed by atoms with Crippen LogP contribution in [0.4, 0.5) is 0 Å². The van der Waals surface area contributed by atoms with Gasteiger partial charge in [0.1, 0.15) is 0 Å². The van der Waals surface area contributed by atoms with Gasteiger partial charge in [-0.1, -0.05) is 0 Å². The van der Waals surface area contributed by atoms with E-state index in [4.69, 9.17) is 5.73 Å². The predicted octanol–water partition coefficient (Wildman–Crippen LogP) is 0.606. The third-order valence-electron chi connectivity index (χ3n) is 3.36. The van der Waals surface area contributed by atoms with E-state index in [9.17, 15) is 9.90 Å². The molecule has 0 aromatic carbocycles. The zero-order chi connectivity index (χ0) is 13.7. The average molecular weight is 283 g/mol. The number of nitrogens with zero attached hydrogens (tertiary/aromatic N) is 1. The number of carbonyl (C=O) groups is 1. The first-order valence-electron chi connectivity index (χ1n) is 6.78. The Labute approximate surface area is 117 Å². The standard InChI is InChI=1S/C13H21N3O2S/c14-6-5-13-16-10(8-19-13)7-12(18)15-9-1-3-11(17)4-2-9/h8-9,11,17H,1-7,14H2,(H,15,18). The Hall–Kier alpha value is -0.980. The van der Waals surface area contributed by atoms with Crippen LogP contribution in [0.2, 0.25) is 0 Å². The molecule has 1 aliphatic carbocycles. The number of hydrogen-bond acceptors (Lipinski definition) is 5. The smallest absolute Gasteiger partial charge is 0.226 e. The number of aromatic nitrogens is 1. The van der Waals surface area contributed by atoms with Crippen LogP contribution in [0.1, 0.15) is 36.4 Å². The summed E-state index contributed by atoms with van der Waals surface area (Å²) >= 11 is 1.56. The van der Waals surface area contributed by atoms with E-state index in [2.05, 4.69) is 10.3 Å². The second-order valence-corrected chi connectivity index (χ2v) is 5.96. The Morgan fingerprint density at radius 3 is 2.89 bits per heavy atom. The number of thiazole rings is 1. The lowest BCUT2D eigenvalue weighted by atomic mass is 9.93. The van der Waals surface area contributed by atoms with Gasteiger partial charge in [0.2, 0.25) is 5.91 Å². The Kier molecular flexibility index (Phi) is 5.30. The number of carbonyl (C=O) groups excluding carboxylic acids is 1. The van der Waals surface area contributed by atoms with Gasteiger partial charge < -0.3 is 16.2 Å². The minimum atomic E-state index is -0.189. The lowest BCUT2D eigenvalue weighted by molar-refractivity contribution is -0.121. The van der Waals surface area contributed by atoms with Crippen LogP contribution in [0.3, 0.4) is 0 Å². The van der Waals surface area contributed by atoms with Gasteiger partial charge in [0.25, 0.3) is 0 Å². The summed E-state index contributed by atoms with van der Waals surface area (Å²) in [5, 5.41) is 15.4. The van der Waals surface area contributed by atoms with E-state index >= 15 is 0 Å². The van der Waals surface area contributed by atoms with Crippen LogP contribution >= 0.6 is 11.3 Å². The molecule has 1 amide bonds. The molecular formula is C13H21N3O2S. The summed E-state index contributed by atoms with van der Waals surface area (Å²) in [5.74, 6) is 0.0194. The van der Waals surface area contributed by atoms with E-state index in [0.29, 0.717) is 13.0 Å². The van der Waals surface area contributed by atoms with Crippen molar-refractivity contribution in [3.63, 3.8) is 0 Å². The van der Waals surface area contributed by atoms with Gasteiger partial charge >= 0.3 is 0 Å². The van der Waals surface area contributed by atoms with Crippen molar-refractivity contribution in [1.29, 1.82) is 0 Å². The van der Waals surface area contributed by atoms with E-state index in [1.54, 1.807) is 11.3 Å². The van der Waals surface area contributed by atoms with E-state index in [-0.39, 0.29) is 18.1 Å². The second-order valence-electron chi connectivity index (χ2n) is 5.02. The highest BCUT2D eigenvalue weighted by atomic mass is 32.1. The first kappa shape index (κ1) is 14.4. The molecule has 4 N–H and O–H groups in total. The van der Waals surface area contributed by atoms with Crippen molar-refractivity contribution in [2.45, 2.75) is 50.7 Å². The SMILES string of the molecule is NCCc1nc(CC(=O)NC2CCC(O)CC2)cs1. The van der Waals surface area contributed by atoms with Gasteiger partial charge in [-0.25, -0.2) is 4.98 Å². The number of rotatable bonds is 5. The lowest BCUT2D eigenvalue weighted by Crippen LogP contribution is -2.39. The molecule has 1 aromatic heterocycles. The molecule has 0 bridgehead atoms. The molecular weight excluding hydrogens is 262 g/mol. The van der Waals surface area contributed by atoms with Gasteiger partial charge in [-0.3, -0.25) is 4.79 Å². The highest BCUT2D eigenvalue weighted by Crippen LogP contribution is 2.18. The zero-order valence-corrected chi connectivity index (χ0v) is 11.8. The van der Waals surface area contributed by atoms with Crippen LogP contribution < -0.4 is 11.1 Å². The maximum Gasteiger partial charge on any atom is 0.226 e. The van der Waals surface area contributed by atoms with Gasteiger partial charge in [0.05, 0.1) is 23.2 Å². The van der Waals surface area contributed by atoms with Gasteiger partial charge in [0.15, 0.2) is 0 Å². The summed E-state index contributed by atoms with van der Waals surface area (Å²) in [7, 11) is 0. The molecule has 19 heavy (non-hydrogen) atoms.